The minimum absolute atomic E-state index is 0.583. The number of hydrogen-bond donors (Lipinski definition) is 1. The molecule has 0 aromatic heterocycles. The van der Waals surface area contributed by atoms with Crippen LogP contribution in [0.4, 0.5) is 5.69 Å². The fourth-order valence-electron chi connectivity index (χ4n) is 2.76. The van der Waals surface area contributed by atoms with Gasteiger partial charge in [0.2, 0.25) is 0 Å². The van der Waals surface area contributed by atoms with Gasteiger partial charge in [-0.2, -0.15) is 0 Å². The molecule has 1 aromatic rings. The van der Waals surface area contributed by atoms with Gasteiger partial charge in [-0.25, -0.2) is 0 Å². The van der Waals surface area contributed by atoms with Crippen LogP contribution in [0.3, 0.4) is 0 Å². The Morgan fingerprint density at radius 2 is 2.21 bits per heavy atom. The molecule has 2 aliphatic heterocycles. The predicted molar refractivity (Wildman–Crippen MR) is 58.2 cm³/mol. The van der Waals surface area contributed by atoms with Gasteiger partial charge in [-0.05, 0) is 31.4 Å². The van der Waals surface area contributed by atoms with Crippen LogP contribution >= 0.6 is 0 Å². The molecule has 2 heteroatoms. The summed E-state index contributed by atoms with van der Waals surface area (Å²) >= 11 is 0. The Hall–Kier alpha value is -1.02. The monoisotopic (exact) mass is 188 g/mol. The van der Waals surface area contributed by atoms with E-state index >= 15 is 0 Å². The second-order valence-electron chi connectivity index (χ2n) is 4.30. The summed E-state index contributed by atoms with van der Waals surface area (Å²) in [6.45, 7) is 3.56. The molecule has 0 saturated carbocycles. The van der Waals surface area contributed by atoms with Crippen LogP contribution in [0.1, 0.15) is 31.4 Å². The first-order chi connectivity index (χ1) is 6.86. The van der Waals surface area contributed by atoms with Crippen LogP contribution in [-0.2, 0) is 0 Å². The molecule has 1 N–H and O–H groups in total. The Labute approximate surface area is 84.9 Å². The first-order valence-electron chi connectivity index (χ1n) is 5.47. The lowest BCUT2D eigenvalue weighted by atomic mass is 10.0. The molecular formula is C12H16N2. The Kier molecular flexibility index (Phi) is 1.77. The third-order valence-electron chi connectivity index (χ3n) is 3.52. The maximum Gasteiger partial charge on any atom is 0.0798 e. The standard InChI is InChI=1S/C12H16N2/c1-9-10-5-2-3-6-11(10)13-12-7-4-8-14(9)12/h2-3,5-6,9,12-13H,4,7-8H2,1H3. The van der Waals surface area contributed by atoms with Gasteiger partial charge in [0, 0.05) is 18.3 Å². The number of anilines is 1. The van der Waals surface area contributed by atoms with Crippen LogP contribution < -0.4 is 5.32 Å². The molecule has 0 bridgehead atoms. The minimum atomic E-state index is 0.583. The van der Waals surface area contributed by atoms with Crippen molar-refractivity contribution >= 4 is 5.69 Å². The van der Waals surface area contributed by atoms with Crippen molar-refractivity contribution in [2.24, 2.45) is 0 Å². The minimum Gasteiger partial charge on any atom is -0.369 e. The van der Waals surface area contributed by atoms with E-state index in [1.54, 1.807) is 0 Å². The number of para-hydroxylation sites is 1. The van der Waals surface area contributed by atoms with Gasteiger partial charge in [-0.3, -0.25) is 4.90 Å². The van der Waals surface area contributed by atoms with Crippen molar-refractivity contribution in [3.63, 3.8) is 0 Å². The molecule has 1 saturated heterocycles. The van der Waals surface area contributed by atoms with Crippen LogP contribution in [0.25, 0.3) is 0 Å². The Bertz CT molecular complexity index is 348. The third kappa shape index (κ3) is 1.07. The van der Waals surface area contributed by atoms with Gasteiger partial charge < -0.3 is 5.32 Å². The second kappa shape index (κ2) is 2.99. The van der Waals surface area contributed by atoms with Gasteiger partial charge in [0.1, 0.15) is 0 Å². The fraction of sp³-hybridized carbons (Fsp3) is 0.500. The van der Waals surface area contributed by atoms with Gasteiger partial charge in [-0.15, -0.1) is 0 Å². The number of hydrogen-bond acceptors (Lipinski definition) is 2. The number of fused-ring (bicyclic) bond motifs is 2. The van der Waals surface area contributed by atoms with E-state index in [2.05, 4.69) is 41.4 Å². The molecule has 14 heavy (non-hydrogen) atoms. The molecule has 1 aromatic carbocycles. The first kappa shape index (κ1) is 8.30. The highest BCUT2D eigenvalue weighted by Crippen LogP contribution is 2.37. The molecule has 2 nitrogen and oxygen atoms in total. The quantitative estimate of drug-likeness (QED) is 0.673. The zero-order chi connectivity index (χ0) is 9.54. The van der Waals surface area contributed by atoms with Crippen molar-refractivity contribution in [1.29, 1.82) is 0 Å². The maximum absolute atomic E-state index is 3.62. The summed E-state index contributed by atoms with van der Waals surface area (Å²) in [7, 11) is 0. The second-order valence-corrected chi connectivity index (χ2v) is 4.30. The Balaban J connectivity index is 2.04. The maximum atomic E-state index is 3.62. The largest absolute Gasteiger partial charge is 0.369 e. The van der Waals surface area contributed by atoms with Crippen LogP contribution in [0.15, 0.2) is 24.3 Å². The van der Waals surface area contributed by atoms with Crippen LogP contribution in [-0.4, -0.2) is 17.6 Å². The molecule has 2 heterocycles. The molecule has 0 amide bonds. The van der Waals surface area contributed by atoms with Gasteiger partial charge in [0.25, 0.3) is 0 Å². The molecule has 2 atom stereocenters. The molecular weight excluding hydrogens is 172 g/mol. The number of nitrogens with zero attached hydrogens (tertiary/aromatic N) is 1. The summed E-state index contributed by atoms with van der Waals surface area (Å²) in [6.07, 6.45) is 3.20. The van der Waals surface area contributed by atoms with Crippen molar-refractivity contribution in [3.05, 3.63) is 29.8 Å². The highest BCUT2D eigenvalue weighted by Gasteiger charge is 2.33. The van der Waals surface area contributed by atoms with E-state index in [9.17, 15) is 0 Å². The highest BCUT2D eigenvalue weighted by atomic mass is 15.3. The van der Waals surface area contributed by atoms with Crippen molar-refractivity contribution in [2.75, 3.05) is 11.9 Å². The summed E-state index contributed by atoms with van der Waals surface area (Å²) in [5, 5.41) is 3.62. The molecule has 0 spiro atoms. The summed E-state index contributed by atoms with van der Waals surface area (Å²) in [5.74, 6) is 0. The van der Waals surface area contributed by atoms with E-state index < -0.39 is 0 Å². The third-order valence-corrected chi connectivity index (χ3v) is 3.52. The normalized spacial score (nSPS) is 30.6. The van der Waals surface area contributed by atoms with Crippen LogP contribution in [0.5, 0.6) is 0 Å². The number of benzene rings is 1. The zero-order valence-corrected chi connectivity index (χ0v) is 8.53. The SMILES string of the molecule is CC1c2ccccc2NC2CCCN21. The van der Waals surface area contributed by atoms with Crippen molar-refractivity contribution in [3.8, 4) is 0 Å². The summed E-state index contributed by atoms with van der Waals surface area (Å²) < 4.78 is 0. The Morgan fingerprint density at radius 3 is 3.14 bits per heavy atom. The lowest BCUT2D eigenvalue weighted by Crippen LogP contribution is -2.41. The van der Waals surface area contributed by atoms with Gasteiger partial charge in [-0.1, -0.05) is 18.2 Å². The lowest BCUT2D eigenvalue weighted by Gasteiger charge is -2.38. The van der Waals surface area contributed by atoms with E-state index in [0.29, 0.717) is 12.2 Å². The van der Waals surface area contributed by atoms with Crippen LogP contribution in [0.2, 0.25) is 0 Å². The fourth-order valence-corrected chi connectivity index (χ4v) is 2.76. The van der Waals surface area contributed by atoms with E-state index in [-0.39, 0.29) is 0 Å². The zero-order valence-electron chi connectivity index (χ0n) is 8.53. The van der Waals surface area contributed by atoms with Gasteiger partial charge in [0.05, 0.1) is 6.17 Å². The average Bonchev–Trinajstić information content (AvgIpc) is 2.66. The predicted octanol–water partition coefficient (Wildman–Crippen LogP) is 2.60. The smallest absolute Gasteiger partial charge is 0.0798 e. The molecule has 1 fully saturated rings. The summed E-state index contributed by atoms with van der Waals surface area (Å²) in [6, 6.07) is 9.26. The molecule has 3 rings (SSSR count). The highest BCUT2D eigenvalue weighted by molar-refractivity contribution is 5.55. The van der Waals surface area contributed by atoms with E-state index in [4.69, 9.17) is 0 Å². The Morgan fingerprint density at radius 1 is 1.36 bits per heavy atom. The first-order valence-corrected chi connectivity index (χ1v) is 5.47. The summed E-state index contributed by atoms with van der Waals surface area (Å²) in [5.41, 5.74) is 2.79. The van der Waals surface area contributed by atoms with E-state index in [0.717, 1.165) is 0 Å². The van der Waals surface area contributed by atoms with Crippen molar-refractivity contribution < 1.29 is 0 Å². The van der Waals surface area contributed by atoms with Crippen LogP contribution in [0, 0.1) is 0 Å². The van der Waals surface area contributed by atoms with E-state index in [1.165, 1.54) is 30.6 Å². The summed E-state index contributed by atoms with van der Waals surface area (Å²) in [4.78, 5) is 2.57. The molecule has 74 valence electrons. The topological polar surface area (TPSA) is 15.3 Å². The molecule has 0 radical (unpaired) electrons. The van der Waals surface area contributed by atoms with Gasteiger partial charge >= 0.3 is 0 Å². The van der Waals surface area contributed by atoms with Gasteiger partial charge in [0.15, 0.2) is 0 Å². The molecule has 2 unspecified atom stereocenters. The van der Waals surface area contributed by atoms with E-state index in [1.807, 2.05) is 0 Å². The molecule has 2 aliphatic rings. The van der Waals surface area contributed by atoms with Crippen molar-refractivity contribution in [2.45, 2.75) is 32.0 Å². The van der Waals surface area contributed by atoms with Crippen molar-refractivity contribution in [1.82, 2.24) is 4.90 Å². The lowest BCUT2D eigenvalue weighted by molar-refractivity contribution is 0.200. The molecule has 0 aliphatic carbocycles. The number of nitrogens with one attached hydrogen (secondary N) is 1. The number of rotatable bonds is 0. The average molecular weight is 188 g/mol.